The molecular formula is C13H15BrFNO2. The fourth-order valence-corrected chi connectivity index (χ4v) is 2.57. The number of carbonyl (C=O) groups is 1. The summed E-state index contributed by atoms with van der Waals surface area (Å²) in [7, 11) is 0. The molecule has 1 aliphatic heterocycles. The third-order valence-corrected chi connectivity index (χ3v) is 3.77. The Morgan fingerprint density at radius 3 is 3.00 bits per heavy atom. The van der Waals surface area contributed by atoms with Crippen molar-refractivity contribution in [3.63, 3.8) is 0 Å². The molecule has 1 N–H and O–H groups in total. The fourth-order valence-electron chi connectivity index (χ4n) is 2.05. The first-order valence-electron chi connectivity index (χ1n) is 5.88. The molecule has 1 aromatic rings. The minimum absolute atomic E-state index is 0.0408. The monoisotopic (exact) mass is 315 g/mol. The maximum absolute atomic E-state index is 13.6. The number of hydrogen-bond acceptors (Lipinski definition) is 2. The van der Waals surface area contributed by atoms with Crippen LogP contribution in [0.4, 0.5) is 4.39 Å². The first-order chi connectivity index (χ1) is 8.52. The van der Waals surface area contributed by atoms with Gasteiger partial charge in [-0.1, -0.05) is 6.07 Å². The molecule has 1 fully saturated rings. The zero-order chi connectivity index (χ0) is 13.2. The molecule has 1 amide bonds. The van der Waals surface area contributed by atoms with Gasteiger partial charge in [-0.15, -0.1) is 0 Å². The number of benzene rings is 1. The van der Waals surface area contributed by atoms with E-state index in [1.165, 1.54) is 6.07 Å². The van der Waals surface area contributed by atoms with Gasteiger partial charge in [0.05, 0.1) is 11.2 Å². The summed E-state index contributed by atoms with van der Waals surface area (Å²) in [6, 6.07) is 4.47. The quantitative estimate of drug-likeness (QED) is 0.931. The summed E-state index contributed by atoms with van der Waals surface area (Å²) in [4.78, 5) is 11.9. The average Bonchev–Trinajstić information content (AvgIpc) is 2.74. The maximum atomic E-state index is 13.6. The van der Waals surface area contributed by atoms with Gasteiger partial charge in [0.1, 0.15) is 5.82 Å². The Balaban J connectivity index is 2.04. The number of halogens is 2. The van der Waals surface area contributed by atoms with Crippen molar-refractivity contribution < 1.29 is 13.9 Å². The smallest absolute Gasteiger partial charge is 0.255 e. The Bertz CT molecular complexity index is 438. The zero-order valence-electron chi connectivity index (χ0n) is 10.1. The molecule has 18 heavy (non-hydrogen) atoms. The molecule has 0 aliphatic carbocycles. The van der Waals surface area contributed by atoms with E-state index < -0.39 is 11.7 Å². The topological polar surface area (TPSA) is 38.3 Å². The van der Waals surface area contributed by atoms with E-state index in [9.17, 15) is 9.18 Å². The van der Waals surface area contributed by atoms with Gasteiger partial charge in [0.15, 0.2) is 0 Å². The molecule has 1 heterocycles. The summed E-state index contributed by atoms with van der Waals surface area (Å²) >= 11 is 3.18. The van der Waals surface area contributed by atoms with Gasteiger partial charge in [0.2, 0.25) is 0 Å². The summed E-state index contributed by atoms with van der Waals surface area (Å²) in [6.07, 6.45) is 1.90. The predicted molar refractivity (Wildman–Crippen MR) is 70.0 cm³/mol. The highest BCUT2D eigenvalue weighted by Gasteiger charge is 2.30. The van der Waals surface area contributed by atoms with Crippen molar-refractivity contribution in [3.05, 3.63) is 34.1 Å². The van der Waals surface area contributed by atoms with E-state index >= 15 is 0 Å². The van der Waals surface area contributed by atoms with Crippen molar-refractivity contribution in [1.29, 1.82) is 0 Å². The Labute approximate surface area is 114 Å². The molecule has 2 rings (SSSR count). The van der Waals surface area contributed by atoms with E-state index in [1.54, 1.807) is 12.1 Å². The van der Waals surface area contributed by atoms with Gasteiger partial charge in [-0.3, -0.25) is 4.79 Å². The number of amides is 1. The Morgan fingerprint density at radius 1 is 1.61 bits per heavy atom. The number of hydrogen-bond donors (Lipinski definition) is 1. The van der Waals surface area contributed by atoms with Crippen LogP contribution < -0.4 is 5.32 Å². The second-order valence-electron chi connectivity index (χ2n) is 4.68. The molecule has 1 unspecified atom stereocenters. The lowest BCUT2D eigenvalue weighted by molar-refractivity contribution is 0.0205. The highest BCUT2D eigenvalue weighted by Crippen LogP contribution is 2.24. The highest BCUT2D eigenvalue weighted by molar-refractivity contribution is 9.10. The molecule has 0 radical (unpaired) electrons. The summed E-state index contributed by atoms with van der Waals surface area (Å²) < 4.78 is 19.6. The number of nitrogens with one attached hydrogen (secondary N) is 1. The fraction of sp³-hybridized carbons (Fsp3) is 0.462. The lowest BCUT2D eigenvalue weighted by atomic mass is 10.0. The van der Waals surface area contributed by atoms with Crippen LogP contribution in [-0.2, 0) is 4.74 Å². The summed E-state index contributed by atoms with van der Waals surface area (Å²) in [5, 5.41) is 2.73. The Hall–Kier alpha value is -0.940. The Kier molecular flexibility index (Phi) is 4.02. The van der Waals surface area contributed by atoms with Crippen molar-refractivity contribution in [2.24, 2.45) is 0 Å². The van der Waals surface area contributed by atoms with Crippen molar-refractivity contribution in [2.45, 2.75) is 25.4 Å². The lowest BCUT2D eigenvalue weighted by Crippen LogP contribution is -2.40. The van der Waals surface area contributed by atoms with Gasteiger partial charge in [-0.2, -0.15) is 0 Å². The molecular weight excluding hydrogens is 301 g/mol. The normalized spacial score (nSPS) is 23.1. The summed E-state index contributed by atoms with van der Waals surface area (Å²) in [5.74, 6) is -0.948. The Morgan fingerprint density at radius 2 is 2.39 bits per heavy atom. The molecule has 1 atom stereocenters. The lowest BCUT2D eigenvalue weighted by Gasteiger charge is -2.23. The van der Waals surface area contributed by atoms with Crippen LogP contribution in [0.5, 0.6) is 0 Å². The molecule has 1 aliphatic rings. The van der Waals surface area contributed by atoms with Gasteiger partial charge in [-0.25, -0.2) is 4.39 Å². The van der Waals surface area contributed by atoms with E-state index in [1.807, 2.05) is 6.92 Å². The molecule has 0 bridgehead atoms. The molecule has 3 nitrogen and oxygen atoms in total. The van der Waals surface area contributed by atoms with Crippen molar-refractivity contribution in [2.75, 3.05) is 13.2 Å². The van der Waals surface area contributed by atoms with Crippen LogP contribution in [-0.4, -0.2) is 24.7 Å². The van der Waals surface area contributed by atoms with Gasteiger partial charge >= 0.3 is 0 Å². The van der Waals surface area contributed by atoms with Gasteiger partial charge in [0, 0.05) is 17.6 Å². The first kappa shape index (κ1) is 13.5. The zero-order valence-corrected chi connectivity index (χ0v) is 11.7. The number of ether oxygens (including phenoxy) is 1. The molecule has 1 saturated heterocycles. The second kappa shape index (κ2) is 5.36. The van der Waals surface area contributed by atoms with Crippen LogP contribution in [0.1, 0.15) is 30.1 Å². The van der Waals surface area contributed by atoms with Gasteiger partial charge in [-0.05, 0) is 47.8 Å². The summed E-state index contributed by atoms with van der Waals surface area (Å²) in [6.45, 7) is 3.07. The number of rotatable bonds is 3. The van der Waals surface area contributed by atoms with Crippen LogP contribution in [0, 0.1) is 5.82 Å². The van der Waals surface area contributed by atoms with Crippen LogP contribution in [0.15, 0.2) is 22.7 Å². The van der Waals surface area contributed by atoms with Gasteiger partial charge in [0.25, 0.3) is 5.91 Å². The minimum atomic E-state index is -0.528. The second-order valence-corrected chi connectivity index (χ2v) is 5.54. The van der Waals surface area contributed by atoms with Crippen LogP contribution in [0.3, 0.4) is 0 Å². The van der Waals surface area contributed by atoms with Crippen molar-refractivity contribution in [1.82, 2.24) is 5.32 Å². The first-order valence-corrected chi connectivity index (χ1v) is 6.67. The summed E-state index contributed by atoms with van der Waals surface area (Å²) in [5.41, 5.74) is -0.285. The van der Waals surface area contributed by atoms with E-state index in [4.69, 9.17) is 4.74 Å². The van der Waals surface area contributed by atoms with Crippen LogP contribution >= 0.6 is 15.9 Å². The standard InChI is InChI=1S/C13H15BrFNO2/c1-13(6-3-7-18-13)8-16-12(17)11-9(14)4-2-5-10(11)15/h2,4-5H,3,6-8H2,1H3,(H,16,17). The third kappa shape index (κ3) is 2.90. The van der Waals surface area contributed by atoms with Gasteiger partial charge < -0.3 is 10.1 Å². The molecule has 0 aromatic heterocycles. The third-order valence-electron chi connectivity index (χ3n) is 3.11. The molecule has 0 spiro atoms. The van der Waals surface area contributed by atoms with Crippen molar-refractivity contribution in [3.8, 4) is 0 Å². The van der Waals surface area contributed by atoms with E-state index in [0.29, 0.717) is 11.0 Å². The maximum Gasteiger partial charge on any atom is 0.255 e. The molecule has 5 heteroatoms. The minimum Gasteiger partial charge on any atom is -0.373 e. The van der Waals surface area contributed by atoms with Crippen LogP contribution in [0.2, 0.25) is 0 Å². The molecule has 0 saturated carbocycles. The van der Waals surface area contributed by atoms with E-state index in [-0.39, 0.29) is 11.2 Å². The largest absolute Gasteiger partial charge is 0.373 e. The highest BCUT2D eigenvalue weighted by atomic mass is 79.9. The van der Waals surface area contributed by atoms with E-state index in [2.05, 4.69) is 21.2 Å². The number of carbonyl (C=O) groups excluding carboxylic acids is 1. The SMILES string of the molecule is CC1(CNC(=O)c2c(F)cccc2Br)CCCO1. The predicted octanol–water partition coefficient (Wildman–Crippen LogP) is 2.89. The average molecular weight is 316 g/mol. The molecule has 1 aromatic carbocycles. The van der Waals surface area contributed by atoms with Crippen LogP contribution in [0.25, 0.3) is 0 Å². The molecule has 98 valence electrons. The van der Waals surface area contributed by atoms with Crippen molar-refractivity contribution >= 4 is 21.8 Å². The van der Waals surface area contributed by atoms with E-state index in [0.717, 1.165) is 19.4 Å².